The lowest BCUT2D eigenvalue weighted by atomic mass is 9.81. The number of benzene rings is 4. The molecule has 0 radical (unpaired) electrons. The minimum atomic E-state index is -1.85. The van der Waals surface area contributed by atoms with Gasteiger partial charge in [0.05, 0.1) is 5.41 Å². The average molecular weight is 999 g/mol. The molecule has 0 spiro atoms. The molecule has 5 nitrogen and oxygen atoms in total. The van der Waals surface area contributed by atoms with Crippen LogP contribution in [0.15, 0.2) is 154 Å². The molecular weight excluding hydrogens is 951 g/mol. The first-order valence-corrected chi connectivity index (χ1v) is 23.4. The normalized spacial score (nSPS) is 18.1. The molecule has 0 bridgehead atoms. The maximum atomic E-state index is 5.81. The van der Waals surface area contributed by atoms with Gasteiger partial charge in [0.25, 0.3) is 0 Å². The van der Waals surface area contributed by atoms with Crippen molar-refractivity contribution in [2.45, 2.75) is 77.2 Å². The number of aryl methyl sites for hydroxylation is 1. The van der Waals surface area contributed by atoms with E-state index in [0.29, 0.717) is 5.56 Å². The summed E-state index contributed by atoms with van der Waals surface area (Å²) in [6.45, 7) is 11.3. The zero-order valence-corrected chi connectivity index (χ0v) is 42.1. The Labute approximate surface area is 412 Å². The average Bonchev–Trinajstić information content (AvgIpc) is 3.56. The number of hydrogen-bond donors (Lipinski definition) is 0. The molecule has 0 fully saturated rings. The molecule has 0 N–H and O–H groups in total. The van der Waals surface area contributed by atoms with Crippen molar-refractivity contribution in [2.75, 3.05) is 19.0 Å². The maximum Gasteiger partial charge on any atom is 0.250 e. The molecule has 328 valence electrons. The highest BCUT2D eigenvalue weighted by atomic mass is 35.6. The van der Waals surface area contributed by atoms with E-state index < -0.39 is 7.59 Å². The molecule has 0 saturated heterocycles. The number of allylic oxidation sites excluding steroid dienone is 7. The Morgan fingerprint density at radius 2 is 1.27 bits per heavy atom. The third-order valence-electron chi connectivity index (χ3n) is 11.7. The third kappa shape index (κ3) is 10.7. The van der Waals surface area contributed by atoms with Crippen LogP contribution in [0.25, 0.3) is 11.4 Å². The molecule has 8 rings (SSSR count). The number of fused-ring (bicyclic) bond motifs is 2. The fraction of sp³-hybridized carbons (Fsp3) is 0.280. The van der Waals surface area contributed by atoms with Gasteiger partial charge in [-0.15, -0.1) is 0 Å². The van der Waals surface area contributed by atoms with E-state index in [-0.39, 0.29) is 40.7 Å². The number of likely N-dealkylation sites (N-methyl/N-ethyl adjacent to an activating group) is 1. The van der Waals surface area contributed by atoms with Gasteiger partial charge in [-0.25, -0.2) is 15.0 Å². The van der Waals surface area contributed by atoms with E-state index in [1.807, 2.05) is 43.0 Å². The van der Waals surface area contributed by atoms with Gasteiger partial charge in [0, 0.05) is 56.9 Å². The van der Waals surface area contributed by atoms with Gasteiger partial charge in [-0.05, 0) is 81.0 Å². The molecule has 5 aromatic rings. The summed E-state index contributed by atoms with van der Waals surface area (Å²) >= 11 is 36.8. The van der Waals surface area contributed by atoms with Crippen molar-refractivity contribution in [1.82, 2.24) is 15.0 Å². The lowest BCUT2D eigenvalue weighted by Gasteiger charge is -2.25. The largest absolute Gasteiger partial charge is 1.00 e. The highest BCUT2D eigenvalue weighted by Crippen LogP contribution is 2.48. The molecule has 2 aliphatic heterocycles. The zero-order chi connectivity index (χ0) is 44.6. The maximum absolute atomic E-state index is 5.81. The number of alkyl halides is 6. The summed E-state index contributed by atoms with van der Waals surface area (Å²) in [6.07, 6.45) is 12.9. The van der Waals surface area contributed by atoms with E-state index in [2.05, 4.69) is 169 Å². The summed E-state index contributed by atoms with van der Waals surface area (Å²) in [4.78, 5) is 17.2. The number of aromatic nitrogens is 3. The van der Waals surface area contributed by atoms with Crippen LogP contribution in [-0.2, 0) is 18.4 Å². The standard InChI is InChI=1S/C38H41N2S.C12H7Cl6N3.ClH/c1-37(2)30-19-10-12-21-32(30)39(5)34(37)25-23-27-15-14-16-28(36(27)41-29-17-8-7-9-18-29)24-26-35-38(3,4)31-20-11-13-22-33(31)40(35)6;1-6-2-4-7(5-3-6)8-19-9(11(13,14)15)21-10(20-8)12(16,17)18;/h7-13,17-26H,14-16H2,1-6H3;2-5H,1H3;1H/q+1;;/p-1. The van der Waals surface area contributed by atoms with Crippen LogP contribution < -0.4 is 17.3 Å². The van der Waals surface area contributed by atoms with E-state index in [9.17, 15) is 0 Å². The number of halogens is 7. The number of anilines is 1. The zero-order valence-electron chi connectivity index (χ0n) is 36.0. The first kappa shape index (κ1) is 49.1. The van der Waals surface area contributed by atoms with Gasteiger partial charge in [-0.2, -0.15) is 4.58 Å². The monoisotopic (exact) mass is 995 g/mol. The molecule has 0 unspecified atom stereocenters. The summed E-state index contributed by atoms with van der Waals surface area (Å²) in [7, 11) is 4.41. The molecule has 0 saturated carbocycles. The summed E-state index contributed by atoms with van der Waals surface area (Å²) < 4.78 is -1.34. The van der Waals surface area contributed by atoms with Crippen LogP contribution in [0.4, 0.5) is 11.4 Å². The van der Waals surface area contributed by atoms with Gasteiger partial charge in [-0.1, -0.05) is 192 Å². The number of rotatable bonds is 6. The van der Waals surface area contributed by atoms with Crippen molar-refractivity contribution in [3.8, 4) is 11.4 Å². The Hall–Kier alpha value is -3.30. The van der Waals surface area contributed by atoms with E-state index in [1.165, 1.54) is 61.3 Å². The Bertz CT molecular complexity index is 2610. The van der Waals surface area contributed by atoms with Crippen LogP contribution in [0.2, 0.25) is 0 Å². The minimum Gasteiger partial charge on any atom is -1.00 e. The van der Waals surface area contributed by atoms with Gasteiger partial charge in [0.1, 0.15) is 7.05 Å². The van der Waals surface area contributed by atoms with Gasteiger partial charge >= 0.3 is 0 Å². The lowest BCUT2D eigenvalue weighted by Crippen LogP contribution is -3.00. The van der Waals surface area contributed by atoms with Crippen molar-refractivity contribution in [3.63, 3.8) is 0 Å². The number of para-hydroxylation sites is 2. The van der Waals surface area contributed by atoms with Gasteiger partial charge in [0.2, 0.25) is 13.3 Å². The molecule has 13 heteroatoms. The second-order valence-corrected chi connectivity index (χ2v) is 22.3. The van der Waals surface area contributed by atoms with Crippen molar-refractivity contribution >= 4 is 98.5 Å². The van der Waals surface area contributed by atoms with Crippen LogP contribution in [-0.4, -0.2) is 39.3 Å². The Morgan fingerprint density at radius 3 is 1.87 bits per heavy atom. The minimum absolute atomic E-state index is 0. The van der Waals surface area contributed by atoms with E-state index in [4.69, 9.17) is 69.6 Å². The van der Waals surface area contributed by atoms with E-state index in [1.54, 1.807) is 0 Å². The SMILES string of the molecule is CN1/C(=C\C=C2/CCCC(/C=C/C3=[N+](C)c4ccccc4C3(C)C)=C2Sc2ccccc2)C(C)(C)c2ccccc21.Cc1ccc(-c2nc(C(Cl)(Cl)Cl)nc(C(Cl)(Cl)Cl)n2)cc1.[Cl-]. The smallest absolute Gasteiger partial charge is 0.250 e. The highest BCUT2D eigenvalue weighted by molar-refractivity contribution is 8.03. The topological polar surface area (TPSA) is 44.9 Å². The van der Waals surface area contributed by atoms with Crippen LogP contribution in [0.3, 0.4) is 0 Å². The van der Waals surface area contributed by atoms with Crippen molar-refractivity contribution in [1.29, 1.82) is 0 Å². The molecule has 1 aliphatic carbocycles. The van der Waals surface area contributed by atoms with E-state index >= 15 is 0 Å². The molecular formula is C50H48Cl7N5S. The highest BCUT2D eigenvalue weighted by Gasteiger charge is 2.43. The Balaban J connectivity index is 0.000000254. The van der Waals surface area contributed by atoms with Crippen LogP contribution in [0.5, 0.6) is 0 Å². The molecule has 3 aliphatic rings. The van der Waals surface area contributed by atoms with Crippen molar-refractivity contribution in [2.24, 2.45) is 0 Å². The number of nitrogens with zero attached hydrogens (tertiary/aromatic N) is 5. The van der Waals surface area contributed by atoms with Crippen molar-refractivity contribution < 1.29 is 17.0 Å². The molecule has 0 atom stereocenters. The first-order chi connectivity index (χ1) is 29.3. The first-order valence-electron chi connectivity index (χ1n) is 20.3. The summed E-state index contributed by atoms with van der Waals surface area (Å²) in [6, 6.07) is 35.9. The summed E-state index contributed by atoms with van der Waals surface area (Å²) in [5.41, 5.74) is 12.7. The van der Waals surface area contributed by atoms with Gasteiger partial charge in [-0.3, -0.25) is 0 Å². The predicted molar refractivity (Wildman–Crippen MR) is 265 cm³/mol. The Kier molecular flexibility index (Phi) is 15.3. The fourth-order valence-electron chi connectivity index (χ4n) is 8.38. The van der Waals surface area contributed by atoms with Crippen LogP contribution in [0.1, 0.15) is 75.3 Å². The van der Waals surface area contributed by atoms with Crippen molar-refractivity contribution in [3.05, 3.63) is 178 Å². The molecule has 4 aromatic carbocycles. The van der Waals surface area contributed by atoms with Crippen LogP contribution >= 0.6 is 81.4 Å². The molecule has 1 aromatic heterocycles. The number of thioether (sulfide) groups is 1. The molecule has 0 amide bonds. The second kappa shape index (κ2) is 19.7. The number of hydrogen-bond acceptors (Lipinski definition) is 5. The molecule has 63 heavy (non-hydrogen) atoms. The quantitative estimate of drug-likeness (QED) is 0.125. The fourth-order valence-corrected chi connectivity index (χ4v) is 10.0. The van der Waals surface area contributed by atoms with Crippen LogP contribution in [0, 0.1) is 6.92 Å². The Morgan fingerprint density at radius 1 is 0.683 bits per heavy atom. The summed E-state index contributed by atoms with van der Waals surface area (Å²) in [5.74, 6) is 0.0338. The predicted octanol–water partition coefficient (Wildman–Crippen LogP) is 12.2. The second-order valence-electron chi connectivity index (χ2n) is 16.7. The van der Waals surface area contributed by atoms with Gasteiger partial charge in [0.15, 0.2) is 23.2 Å². The molecule has 3 heterocycles. The lowest BCUT2D eigenvalue weighted by molar-refractivity contribution is -0.401. The van der Waals surface area contributed by atoms with Gasteiger partial charge < -0.3 is 17.3 Å². The van der Waals surface area contributed by atoms with E-state index in [0.717, 1.165) is 18.4 Å². The summed E-state index contributed by atoms with van der Waals surface area (Å²) in [5, 5.41) is 0. The third-order valence-corrected chi connectivity index (χ3v) is 13.9.